The first-order chi connectivity index (χ1) is 12.7. The van der Waals surface area contributed by atoms with Crippen LogP contribution in [0, 0.1) is 5.92 Å². The first kappa shape index (κ1) is 17.1. The lowest BCUT2D eigenvalue weighted by atomic mass is 9.90. The Morgan fingerprint density at radius 1 is 1.27 bits per heavy atom. The number of aromatic nitrogens is 6. The molecule has 0 bridgehead atoms. The number of hydrogen-bond donors (Lipinski definition) is 3. The summed E-state index contributed by atoms with van der Waals surface area (Å²) in [6, 6.07) is 5.84. The van der Waals surface area contributed by atoms with Gasteiger partial charge in [-0.05, 0) is 60.8 Å². The maximum Gasteiger partial charge on any atom is 0.204 e. The fourth-order valence-electron chi connectivity index (χ4n) is 3.50. The Labute approximate surface area is 155 Å². The standard InChI is InChI=1S/C17H20ClN7O/c18-14-8-11(7-13(9-14)16-21-23-24-22-16)10-25-5-1-12(2-6-25)15(26)17-19-3-4-20-17/h3-4,7-9,12,15,26H,1-2,5-6,10H2,(H,19,20)(H,21,22,23,24). The van der Waals surface area contributed by atoms with Crippen LogP contribution in [-0.2, 0) is 6.54 Å². The second-order valence-electron chi connectivity index (χ2n) is 6.62. The highest BCUT2D eigenvalue weighted by molar-refractivity contribution is 6.30. The number of likely N-dealkylation sites (tertiary alicyclic amines) is 1. The minimum absolute atomic E-state index is 0.228. The van der Waals surface area contributed by atoms with Crippen molar-refractivity contribution in [3.05, 3.63) is 47.0 Å². The van der Waals surface area contributed by atoms with Crippen molar-refractivity contribution >= 4 is 11.6 Å². The van der Waals surface area contributed by atoms with Gasteiger partial charge in [-0.15, -0.1) is 10.2 Å². The van der Waals surface area contributed by atoms with Gasteiger partial charge in [-0.1, -0.05) is 11.6 Å². The van der Waals surface area contributed by atoms with Crippen molar-refractivity contribution in [2.75, 3.05) is 13.1 Å². The quantitative estimate of drug-likeness (QED) is 0.633. The lowest BCUT2D eigenvalue weighted by Crippen LogP contribution is -2.35. The van der Waals surface area contributed by atoms with E-state index in [1.54, 1.807) is 12.4 Å². The molecule has 0 aliphatic carbocycles. The second-order valence-corrected chi connectivity index (χ2v) is 7.05. The predicted octanol–water partition coefficient (Wildman–Crippen LogP) is 2.19. The van der Waals surface area contributed by atoms with Gasteiger partial charge in [-0.2, -0.15) is 5.21 Å². The van der Waals surface area contributed by atoms with E-state index in [2.05, 4.69) is 35.5 Å². The predicted molar refractivity (Wildman–Crippen MR) is 96.2 cm³/mol. The number of imidazole rings is 1. The van der Waals surface area contributed by atoms with E-state index in [0.29, 0.717) is 16.7 Å². The average Bonchev–Trinajstić information content (AvgIpc) is 3.35. The van der Waals surface area contributed by atoms with Crippen LogP contribution in [0.2, 0.25) is 5.02 Å². The van der Waals surface area contributed by atoms with Crippen LogP contribution in [0.4, 0.5) is 0 Å². The molecule has 136 valence electrons. The van der Waals surface area contributed by atoms with E-state index >= 15 is 0 Å². The van der Waals surface area contributed by atoms with Crippen molar-refractivity contribution < 1.29 is 5.11 Å². The largest absolute Gasteiger partial charge is 0.385 e. The highest BCUT2D eigenvalue weighted by Crippen LogP contribution is 2.30. The van der Waals surface area contributed by atoms with Crippen molar-refractivity contribution in [3.63, 3.8) is 0 Å². The lowest BCUT2D eigenvalue weighted by molar-refractivity contribution is 0.0515. The first-order valence-electron chi connectivity index (χ1n) is 8.62. The molecular weight excluding hydrogens is 354 g/mol. The van der Waals surface area contributed by atoms with E-state index in [1.807, 2.05) is 18.2 Å². The molecule has 1 aromatic carbocycles. The normalized spacial score (nSPS) is 17.5. The molecule has 2 aromatic heterocycles. The van der Waals surface area contributed by atoms with Gasteiger partial charge in [0.2, 0.25) is 5.82 Å². The number of aliphatic hydroxyl groups is 1. The van der Waals surface area contributed by atoms with Crippen molar-refractivity contribution in [2.24, 2.45) is 5.92 Å². The van der Waals surface area contributed by atoms with Crippen molar-refractivity contribution in [3.8, 4) is 11.4 Å². The molecule has 1 aliphatic heterocycles. The number of nitrogens with zero attached hydrogens (tertiary/aromatic N) is 5. The Morgan fingerprint density at radius 2 is 2.12 bits per heavy atom. The molecule has 0 saturated carbocycles. The third kappa shape index (κ3) is 3.77. The molecule has 3 N–H and O–H groups in total. The summed E-state index contributed by atoms with van der Waals surface area (Å²) in [4.78, 5) is 9.54. The summed E-state index contributed by atoms with van der Waals surface area (Å²) in [5.74, 6) is 1.42. The molecule has 1 aliphatic rings. The molecular formula is C17H20ClN7O. The van der Waals surface area contributed by atoms with E-state index in [0.717, 1.165) is 43.6 Å². The SMILES string of the molecule is OC(c1ncc[nH]1)C1CCN(Cc2cc(Cl)cc(-c3nn[nH]n3)c2)CC1. The lowest BCUT2D eigenvalue weighted by Gasteiger charge is -2.33. The molecule has 3 heterocycles. The number of aromatic amines is 2. The molecule has 0 spiro atoms. The van der Waals surface area contributed by atoms with Crippen LogP contribution in [0.15, 0.2) is 30.6 Å². The van der Waals surface area contributed by atoms with Gasteiger partial charge in [0.25, 0.3) is 0 Å². The summed E-state index contributed by atoms with van der Waals surface area (Å²) in [6.07, 6.45) is 4.76. The summed E-state index contributed by atoms with van der Waals surface area (Å²) in [6.45, 7) is 2.65. The van der Waals surface area contributed by atoms with Gasteiger partial charge in [-0.3, -0.25) is 4.90 Å². The Hall–Kier alpha value is -2.29. The fraction of sp³-hybridized carbons (Fsp3) is 0.412. The number of nitrogens with one attached hydrogen (secondary N) is 2. The van der Waals surface area contributed by atoms with Crippen LogP contribution in [0.3, 0.4) is 0 Å². The Morgan fingerprint density at radius 3 is 2.81 bits per heavy atom. The van der Waals surface area contributed by atoms with E-state index in [1.165, 1.54) is 0 Å². The molecule has 0 radical (unpaired) electrons. The number of benzene rings is 1. The molecule has 1 unspecified atom stereocenters. The summed E-state index contributed by atoms with van der Waals surface area (Å²) in [7, 11) is 0. The number of hydrogen-bond acceptors (Lipinski definition) is 6. The zero-order valence-electron chi connectivity index (χ0n) is 14.1. The van der Waals surface area contributed by atoms with Crippen LogP contribution in [0.5, 0.6) is 0 Å². The molecule has 26 heavy (non-hydrogen) atoms. The van der Waals surface area contributed by atoms with Gasteiger partial charge in [-0.25, -0.2) is 4.98 Å². The Kier molecular flexibility index (Phi) is 4.96. The molecule has 8 nitrogen and oxygen atoms in total. The Bertz CT molecular complexity index is 829. The number of piperidine rings is 1. The Balaban J connectivity index is 1.39. The van der Waals surface area contributed by atoms with E-state index < -0.39 is 6.10 Å². The maximum absolute atomic E-state index is 10.4. The third-order valence-corrected chi connectivity index (χ3v) is 5.06. The summed E-state index contributed by atoms with van der Waals surface area (Å²) < 4.78 is 0. The summed E-state index contributed by atoms with van der Waals surface area (Å²) >= 11 is 6.26. The van der Waals surface area contributed by atoms with Crippen LogP contribution in [0.1, 0.15) is 30.3 Å². The topological polar surface area (TPSA) is 107 Å². The second kappa shape index (κ2) is 7.53. The van der Waals surface area contributed by atoms with Crippen molar-refractivity contribution in [1.29, 1.82) is 0 Å². The zero-order valence-corrected chi connectivity index (χ0v) is 14.9. The molecule has 9 heteroatoms. The van der Waals surface area contributed by atoms with E-state index in [9.17, 15) is 5.11 Å². The van der Waals surface area contributed by atoms with Gasteiger partial charge < -0.3 is 10.1 Å². The first-order valence-corrected chi connectivity index (χ1v) is 9.00. The molecule has 3 aromatic rings. The van der Waals surface area contributed by atoms with Gasteiger partial charge in [0, 0.05) is 29.5 Å². The van der Waals surface area contributed by atoms with Gasteiger partial charge in [0.1, 0.15) is 11.9 Å². The summed E-state index contributed by atoms with van der Waals surface area (Å²) in [5, 5.41) is 25.2. The average molecular weight is 374 g/mol. The fourth-order valence-corrected chi connectivity index (χ4v) is 3.76. The minimum Gasteiger partial charge on any atom is -0.385 e. The van der Waals surface area contributed by atoms with Crippen molar-refractivity contribution in [1.82, 2.24) is 35.5 Å². The minimum atomic E-state index is -0.525. The van der Waals surface area contributed by atoms with Crippen LogP contribution >= 0.6 is 11.6 Å². The monoisotopic (exact) mass is 373 g/mol. The van der Waals surface area contributed by atoms with E-state index in [4.69, 9.17) is 11.6 Å². The third-order valence-electron chi connectivity index (χ3n) is 4.85. The number of aliphatic hydroxyl groups excluding tert-OH is 1. The van der Waals surface area contributed by atoms with Gasteiger partial charge in [0.15, 0.2) is 0 Å². The number of H-pyrrole nitrogens is 2. The molecule has 1 atom stereocenters. The maximum atomic E-state index is 10.4. The number of tetrazole rings is 1. The molecule has 1 fully saturated rings. The van der Waals surface area contributed by atoms with Crippen molar-refractivity contribution in [2.45, 2.75) is 25.5 Å². The molecule has 4 rings (SSSR count). The van der Waals surface area contributed by atoms with Crippen LogP contribution in [-0.4, -0.2) is 53.7 Å². The van der Waals surface area contributed by atoms with Gasteiger partial charge in [0.05, 0.1) is 0 Å². The van der Waals surface area contributed by atoms with Gasteiger partial charge >= 0.3 is 0 Å². The highest BCUT2D eigenvalue weighted by atomic mass is 35.5. The number of halogens is 1. The summed E-state index contributed by atoms with van der Waals surface area (Å²) in [5.41, 5.74) is 1.96. The molecule has 1 saturated heterocycles. The van der Waals surface area contributed by atoms with Crippen LogP contribution in [0.25, 0.3) is 11.4 Å². The molecule has 0 amide bonds. The smallest absolute Gasteiger partial charge is 0.204 e. The highest BCUT2D eigenvalue weighted by Gasteiger charge is 2.27. The zero-order chi connectivity index (χ0) is 17.9. The van der Waals surface area contributed by atoms with E-state index in [-0.39, 0.29) is 5.92 Å². The van der Waals surface area contributed by atoms with Crippen LogP contribution < -0.4 is 0 Å². The number of rotatable bonds is 5.